The van der Waals surface area contributed by atoms with Gasteiger partial charge in [0.2, 0.25) is 0 Å². The van der Waals surface area contributed by atoms with E-state index in [1.54, 1.807) is 0 Å². The lowest BCUT2D eigenvalue weighted by Crippen LogP contribution is -1.89. The first-order valence-corrected chi connectivity index (χ1v) is 3.84. The summed E-state index contributed by atoms with van der Waals surface area (Å²) in [5.74, 6) is -0.190. The van der Waals surface area contributed by atoms with Crippen LogP contribution in [0.2, 0.25) is 5.02 Å². The molecule has 1 heterocycles. The Kier molecular flexibility index (Phi) is 4.96. The average Bonchev–Trinajstić information content (AvgIpc) is 2.09. The second-order valence-corrected chi connectivity index (χ2v) is 2.03. The summed E-state index contributed by atoms with van der Waals surface area (Å²) in [6.07, 6.45) is 1.24. The molecule has 1 aromatic rings. The zero-order valence-electron chi connectivity index (χ0n) is 6.82. The Balaban J connectivity index is 0.000000561. The molecule has 0 bridgehead atoms. The van der Waals surface area contributed by atoms with Gasteiger partial charge in [-0.15, -0.1) is 0 Å². The lowest BCUT2D eigenvalue weighted by atomic mass is 10.5. The fourth-order valence-corrected chi connectivity index (χ4v) is 0.588. The molecule has 0 radical (unpaired) electrons. The summed E-state index contributed by atoms with van der Waals surface area (Å²) in [7, 11) is 0. The van der Waals surface area contributed by atoms with Gasteiger partial charge in [0.25, 0.3) is 0 Å². The molecule has 4 nitrogen and oxygen atoms in total. The van der Waals surface area contributed by atoms with Crippen LogP contribution >= 0.6 is 11.6 Å². The van der Waals surface area contributed by atoms with E-state index in [1.807, 2.05) is 13.8 Å². The summed E-state index contributed by atoms with van der Waals surface area (Å²) in [4.78, 5) is 12.9. The molecule has 1 aromatic heterocycles. The fourth-order valence-electron chi connectivity index (χ4n) is 0.476. The maximum Gasteiger partial charge on any atom is 0.363 e. The van der Waals surface area contributed by atoms with Gasteiger partial charge in [0.15, 0.2) is 6.20 Å². The van der Waals surface area contributed by atoms with Crippen molar-refractivity contribution in [2.45, 2.75) is 13.8 Å². The highest BCUT2D eigenvalue weighted by Crippen LogP contribution is 2.10. The van der Waals surface area contributed by atoms with Crippen molar-refractivity contribution in [2.24, 2.45) is 0 Å². The molecule has 0 spiro atoms. The molecule has 0 atom stereocenters. The highest BCUT2D eigenvalue weighted by molar-refractivity contribution is 6.30. The van der Waals surface area contributed by atoms with Crippen LogP contribution < -0.4 is 0 Å². The van der Waals surface area contributed by atoms with E-state index in [9.17, 15) is 10.1 Å². The minimum Gasteiger partial charge on any atom is -0.358 e. The Morgan fingerprint density at radius 2 is 2.08 bits per heavy atom. The van der Waals surface area contributed by atoms with E-state index in [-0.39, 0.29) is 5.82 Å². The Hall–Kier alpha value is -1.16. The van der Waals surface area contributed by atoms with Gasteiger partial charge in [0, 0.05) is 6.07 Å². The molecule has 0 fully saturated rings. The first kappa shape index (κ1) is 10.8. The number of nitro groups is 1. The predicted molar refractivity (Wildman–Crippen MR) is 47.2 cm³/mol. The number of hydrogen-bond acceptors (Lipinski definition) is 3. The van der Waals surface area contributed by atoms with E-state index in [2.05, 4.69) is 4.98 Å². The number of rotatable bonds is 1. The van der Waals surface area contributed by atoms with Crippen molar-refractivity contribution in [2.75, 3.05) is 0 Å². The molecule has 66 valence electrons. The van der Waals surface area contributed by atoms with Crippen molar-refractivity contribution < 1.29 is 4.92 Å². The van der Waals surface area contributed by atoms with Crippen molar-refractivity contribution in [3.05, 3.63) is 33.5 Å². The number of aromatic nitrogens is 1. The maximum absolute atomic E-state index is 10.0. The molecular weight excluding hydrogens is 180 g/mol. The summed E-state index contributed by atoms with van der Waals surface area (Å²) < 4.78 is 0. The van der Waals surface area contributed by atoms with E-state index in [1.165, 1.54) is 18.3 Å². The highest BCUT2D eigenvalue weighted by Gasteiger charge is 2.03. The van der Waals surface area contributed by atoms with Gasteiger partial charge in [0.1, 0.15) is 0 Å². The Morgan fingerprint density at radius 1 is 1.50 bits per heavy atom. The summed E-state index contributed by atoms with van der Waals surface area (Å²) in [5.41, 5.74) is 0. The minimum atomic E-state index is -0.573. The first-order valence-electron chi connectivity index (χ1n) is 3.46. The van der Waals surface area contributed by atoms with Crippen LogP contribution in [0.5, 0.6) is 0 Å². The molecule has 0 amide bonds. The van der Waals surface area contributed by atoms with Gasteiger partial charge in [0.05, 0.1) is 5.02 Å². The summed E-state index contributed by atoms with van der Waals surface area (Å²) >= 11 is 5.43. The van der Waals surface area contributed by atoms with Gasteiger partial charge in [-0.2, -0.15) is 0 Å². The first-order chi connectivity index (χ1) is 5.70. The Morgan fingerprint density at radius 3 is 2.42 bits per heavy atom. The quantitative estimate of drug-likeness (QED) is 0.503. The molecule has 5 heteroatoms. The molecule has 12 heavy (non-hydrogen) atoms. The number of pyridine rings is 1. The lowest BCUT2D eigenvalue weighted by molar-refractivity contribution is -0.389. The Labute approximate surface area is 75.3 Å². The largest absolute Gasteiger partial charge is 0.363 e. The number of nitrogens with zero attached hydrogens (tertiary/aromatic N) is 2. The van der Waals surface area contributed by atoms with Gasteiger partial charge in [-0.05, 0) is 16.0 Å². The van der Waals surface area contributed by atoms with E-state index in [4.69, 9.17) is 11.6 Å². The summed E-state index contributed by atoms with van der Waals surface area (Å²) in [6, 6.07) is 2.68. The normalized spacial score (nSPS) is 8.25. The van der Waals surface area contributed by atoms with Crippen molar-refractivity contribution >= 4 is 17.4 Å². The average molecular weight is 189 g/mol. The van der Waals surface area contributed by atoms with E-state index in [0.29, 0.717) is 5.02 Å². The van der Waals surface area contributed by atoms with Crippen molar-refractivity contribution in [1.29, 1.82) is 0 Å². The van der Waals surface area contributed by atoms with Crippen LogP contribution in [-0.4, -0.2) is 9.91 Å². The molecule has 0 aliphatic rings. The second-order valence-electron chi connectivity index (χ2n) is 1.59. The molecule has 0 unspecified atom stereocenters. The molecule has 0 saturated heterocycles. The summed E-state index contributed by atoms with van der Waals surface area (Å²) in [6.45, 7) is 4.00. The molecular formula is C7H9ClN2O2. The van der Waals surface area contributed by atoms with Gasteiger partial charge >= 0.3 is 5.82 Å². The number of hydrogen-bond donors (Lipinski definition) is 0. The highest BCUT2D eigenvalue weighted by atomic mass is 35.5. The van der Waals surface area contributed by atoms with Gasteiger partial charge in [-0.1, -0.05) is 25.4 Å². The minimum absolute atomic E-state index is 0.190. The third-order valence-electron chi connectivity index (χ3n) is 0.899. The van der Waals surface area contributed by atoms with E-state index in [0.717, 1.165) is 0 Å². The molecule has 0 aliphatic carbocycles. The van der Waals surface area contributed by atoms with Crippen LogP contribution in [0, 0.1) is 10.1 Å². The van der Waals surface area contributed by atoms with Crippen LogP contribution in [0.25, 0.3) is 0 Å². The van der Waals surface area contributed by atoms with Crippen molar-refractivity contribution in [3.63, 3.8) is 0 Å². The van der Waals surface area contributed by atoms with Crippen LogP contribution in [0.4, 0.5) is 5.82 Å². The third-order valence-corrected chi connectivity index (χ3v) is 1.12. The smallest absolute Gasteiger partial charge is 0.358 e. The lowest BCUT2D eigenvalue weighted by Gasteiger charge is -1.88. The SMILES string of the molecule is CC.O=[N+]([O-])c1ccc(Cl)cn1. The summed E-state index contributed by atoms with van der Waals surface area (Å²) in [5, 5.41) is 10.4. The zero-order valence-corrected chi connectivity index (χ0v) is 7.58. The van der Waals surface area contributed by atoms with E-state index < -0.39 is 4.92 Å². The monoisotopic (exact) mass is 188 g/mol. The van der Waals surface area contributed by atoms with Crippen LogP contribution in [0.15, 0.2) is 18.3 Å². The van der Waals surface area contributed by atoms with Crippen molar-refractivity contribution in [3.8, 4) is 0 Å². The maximum atomic E-state index is 10.0. The van der Waals surface area contributed by atoms with Crippen molar-refractivity contribution in [1.82, 2.24) is 4.98 Å². The Bertz CT molecular complexity index is 248. The molecule has 1 rings (SSSR count). The van der Waals surface area contributed by atoms with Gasteiger partial charge in [-0.25, -0.2) is 0 Å². The molecule has 0 N–H and O–H groups in total. The third kappa shape index (κ3) is 3.30. The fraction of sp³-hybridized carbons (Fsp3) is 0.286. The zero-order chi connectivity index (χ0) is 9.56. The van der Waals surface area contributed by atoms with Gasteiger partial charge in [-0.3, -0.25) is 0 Å². The predicted octanol–water partition coefficient (Wildman–Crippen LogP) is 2.67. The van der Waals surface area contributed by atoms with Crippen LogP contribution in [0.3, 0.4) is 0 Å². The standard InChI is InChI=1S/C5H3ClN2O2.C2H6/c6-4-1-2-5(7-3-4)8(9)10;1-2/h1-3H;1-2H3. The molecule has 0 saturated carbocycles. The molecule has 0 aliphatic heterocycles. The van der Waals surface area contributed by atoms with E-state index >= 15 is 0 Å². The van der Waals surface area contributed by atoms with Crippen LogP contribution in [-0.2, 0) is 0 Å². The van der Waals surface area contributed by atoms with Gasteiger partial charge < -0.3 is 10.1 Å². The second kappa shape index (κ2) is 5.49. The number of halogens is 1. The van der Waals surface area contributed by atoms with Crippen LogP contribution in [0.1, 0.15) is 13.8 Å². The molecule has 0 aromatic carbocycles. The topological polar surface area (TPSA) is 56.0 Å².